The number of nitrogens with one attached hydrogen (secondary N) is 1. The molecule has 0 amide bonds. The van der Waals surface area contributed by atoms with Gasteiger partial charge in [-0.05, 0) is 19.4 Å². The van der Waals surface area contributed by atoms with Crippen molar-refractivity contribution in [2.45, 2.75) is 50.2 Å². The monoisotopic (exact) mass is 217 g/mol. The summed E-state index contributed by atoms with van der Waals surface area (Å²) in [7, 11) is 0. The highest BCUT2D eigenvalue weighted by molar-refractivity contribution is 8.00. The highest BCUT2D eigenvalue weighted by atomic mass is 32.2. The Bertz CT molecular complexity index is 150. The molecule has 2 nitrogen and oxygen atoms in total. The first-order chi connectivity index (χ1) is 6.77. The van der Waals surface area contributed by atoms with Crippen molar-refractivity contribution >= 4 is 11.8 Å². The maximum Gasteiger partial charge on any atom is 0.0608 e. The third kappa shape index (κ3) is 3.79. The molecule has 14 heavy (non-hydrogen) atoms. The number of rotatable bonds is 7. The van der Waals surface area contributed by atoms with Crippen molar-refractivity contribution in [2.24, 2.45) is 0 Å². The topological polar surface area (TPSA) is 21.3 Å². The van der Waals surface area contributed by atoms with Crippen LogP contribution in [-0.2, 0) is 4.74 Å². The van der Waals surface area contributed by atoms with E-state index in [0.29, 0.717) is 11.3 Å². The summed E-state index contributed by atoms with van der Waals surface area (Å²) in [6.07, 6.45) is 2.45. The zero-order valence-corrected chi connectivity index (χ0v) is 10.4. The van der Waals surface area contributed by atoms with Crippen LogP contribution in [0, 0.1) is 0 Å². The molecule has 1 aliphatic heterocycles. The first kappa shape index (κ1) is 12.3. The summed E-state index contributed by atoms with van der Waals surface area (Å²) in [4.78, 5) is 0. The van der Waals surface area contributed by atoms with Gasteiger partial charge in [0.25, 0.3) is 0 Å². The molecule has 3 heteroatoms. The number of ether oxygens (including phenoxy) is 1. The zero-order valence-electron chi connectivity index (χ0n) is 9.58. The van der Waals surface area contributed by atoms with Gasteiger partial charge in [0, 0.05) is 11.3 Å². The van der Waals surface area contributed by atoms with Gasteiger partial charge in [0.2, 0.25) is 0 Å². The predicted octanol–water partition coefficient (Wildman–Crippen LogP) is 2.29. The molecule has 2 atom stereocenters. The van der Waals surface area contributed by atoms with Crippen molar-refractivity contribution in [3.63, 3.8) is 0 Å². The lowest BCUT2D eigenvalue weighted by Crippen LogP contribution is -2.40. The molecule has 84 valence electrons. The Morgan fingerprint density at radius 3 is 2.57 bits per heavy atom. The maximum atomic E-state index is 5.19. The fourth-order valence-corrected chi connectivity index (χ4v) is 3.10. The van der Waals surface area contributed by atoms with Gasteiger partial charge < -0.3 is 10.1 Å². The Morgan fingerprint density at radius 2 is 2.14 bits per heavy atom. The molecule has 1 rings (SSSR count). The maximum absolute atomic E-state index is 5.19. The molecule has 0 aromatic carbocycles. The molecule has 0 saturated carbocycles. The molecule has 0 aliphatic carbocycles. The smallest absolute Gasteiger partial charge is 0.0608 e. The predicted molar refractivity (Wildman–Crippen MR) is 64.0 cm³/mol. The van der Waals surface area contributed by atoms with Gasteiger partial charge in [-0.3, -0.25) is 0 Å². The molecule has 0 radical (unpaired) electrons. The van der Waals surface area contributed by atoms with Crippen molar-refractivity contribution in [3.05, 3.63) is 0 Å². The van der Waals surface area contributed by atoms with Gasteiger partial charge in [-0.1, -0.05) is 20.8 Å². The fraction of sp³-hybridized carbons (Fsp3) is 1.00. The Hall–Kier alpha value is 0.270. The minimum atomic E-state index is 0.667. The van der Waals surface area contributed by atoms with Gasteiger partial charge in [0.15, 0.2) is 0 Å². The Labute approximate surface area is 92.2 Å². The molecule has 0 spiro atoms. The van der Waals surface area contributed by atoms with E-state index in [0.717, 1.165) is 25.0 Å². The second kappa shape index (κ2) is 6.70. The third-order valence-electron chi connectivity index (χ3n) is 2.68. The molecule has 0 aromatic rings. The molecular formula is C11H23NOS. The molecule has 1 N–H and O–H groups in total. The van der Waals surface area contributed by atoms with Gasteiger partial charge in [-0.15, -0.1) is 11.8 Å². The minimum Gasteiger partial charge on any atom is -0.379 e. The van der Waals surface area contributed by atoms with Crippen molar-refractivity contribution in [1.29, 1.82) is 0 Å². The first-order valence-electron chi connectivity index (χ1n) is 5.74. The van der Waals surface area contributed by atoms with Gasteiger partial charge in [0.05, 0.1) is 18.5 Å². The SMILES string of the molecule is CCCNC(CC)C(C)SC1COC1. The van der Waals surface area contributed by atoms with Gasteiger partial charge >= 0.3 is 0 Å². The Balaban J connectivity index is 2.19. The van der Waals surface area contributed by atoms with E-state index in [1.807, 2.05) is 0 Å². The summed E-state index contributed by atoms with van der Waals surface area (Å²) >= 11 is 2.08. The van der Waals surface area contributed by atoms with E-state index in [9.17, 15) is 0 Å². The van der Waals surface area contributed by atoms with Crippen molar-refractivity contribution in [3.8, 4) is 0 Å². The van der Waals surface area contributed by atoms with Crippen LogP contribution in [0.25, 0.3) is 0 Å². The van der Waals surface area contributed by atoms with Crippen LogP contribution in [0.3, 0.4) is 0 Å². The number of hydrogen-bond donors (Lipinski definition) is 1. The van der Waals surface area contributed by atoms with Crippen LogP contribution in [0.2, 0.25) is 0 Å². The Kier molecular flexibility index (Phi) is 5.90. The molecule has 2 unspecified atom stereocenters. The summed E-state index contributed by atoms with van der Waals surface area (Å²) in [5.74, 6) is 0. The summed E-state index contributed by atoms with van der Waals surface area (Å²) in [5.41, 5.74) is 0. The molecular weight excluding hydrogens is 194 g/mol. The highest BCUT2D eigenvalue weighted by Crippen LogP contribution is 2.26. The van der Waals surface area contributed by atoms with Crippen LogP contribution in [0.1, 0.15) is 33.6 Å². The minimum absolute atomic E-state index is 0.667. The molecule has 1 heterocycles. The van der Waals surface area contributed by atoms with Crippen molar-refractivity contribution < 1.29 is 4.74 Å². The van der Waals surface area contributed by atoms with Crippen LogP contribution in [0.5, 0.6) is 0 Å². The van der Waals surface area contributed by atoms with Crippen LogP contribution in [-0.4, -0.2) is 36.3 Å². The summed E-state index contributed by atoms with van der Waals surface area (Å²) in [6, 6.07) is 0.667. The van der Waals surface area contributed by atoms with Gasteiger partial charge in [0.1, 0.15) is 0 Å². The zero-order chi connectivity index (χ0) is 10.4. The first-order valence-corrected chi connectivity index (χ1v) is 6.68. The average molecular weight is 217 g/mol. The van der Waals surface area contributed by atoms with E-state index in [4.69, 9.17) is 4.74 Å². The summed E-state index contributed by atoms with van der Waals surface area (Å²) < 4.78 is 5.19. The van der Waals surface area contributed by atoms with E-state index >= 15 is 0 Å². The summed E-state index contributed by atoms with van der Waals surface area (Å²) in [6.45, 7) is 9.88. The van der Waals surface area contributed by atoms with Gasteiger partial charge in [-0.25, -0.2) is 0 Å². The third-order valence-corrected chi connectivity index (χ3v) is 4.09. The second-order valence-electron chi connectivity index (χ2n) is 3.97. The summed E-state index contributed by atoms with van der Waals surface area (Å²) in [5, 5.41) is 5.07. The number of hydrogen-bond acceptors (Lipinski definition) is 3. The van der Waals surface area contributed by atoms with Crippen LogP contribution < -0.4 is 5.32 Å². The van der Waals surface area contributed by atoms with Crippen LogP contribution >= 0.6 is 11.8 Å². The molecule has 0 bridgehead atoms. The normalized spacial score (nSPS) is 21.6. The van der Waals surface area contributed by atoms with E-state index in [2.05, 4.69) is 37.8 Å². The standard InChI is InChI=1S/C11H23NOS/c1-4-6-12-11(5-2)9(3)14-10-7-13-8-10/h9-12H,4-8H2,1-3H3. The van der Waals surface area contributed by atoms with Crippen LogP contribution in [0.4, 0.5) is 0 Å². The van der Waals surface area contributed by atoms with E-state index in [1.54, 1.807) is 0 Å². The second-order valence-corrected chi connectivity index (χ2v) is 5.65. The van der Waals surface area contributed by atoms with E-state index in [1.165, 1.54) is 12.8 Å². The largest absolute Gasteiger partial charge is 0.379 e. The number of thioether (sulfide) groups is 1. The Morgan fingerprint density at radius 1 is 1.43 bits per heavy atom. The lowest BCUT2D eigenvalue weighted by molar-refractivity contribution is 0.0452. The quantitative estimate of drug-likeness (QED) is 0.707. The highest BCUT2D eigenvalue weighted by Gasteiger charge is 2.24. The average Bonchev–Trinajstić information content (AvgIpc) is 2.13. The lowest BCUT2D eigenvalue weighted by atomic mass is 10.1. The van der Waals surface area contributed by atoms with E-state index < -0.39 is 0 Å². The van der Waals surface area contributed by atoms with Crippen LogP contribution in [0.15, 0.2) is 0 Å². The van der Waals surface area contributed by atoms with Gasteiger partial charge in [-0.2, -0.15) is 0 Å². The fourth-order valence-electron chi connectivity index (χ4n) is 1.66. The molecule has 1 saturated heterocycles. The van der Waals surface area contributed by atoms with Crippen molar-refractivity contribution in [2.75, 3.05) is 19.8 Å². The van der Waals surface area contributed by atoms with E-state index in [-0.39, 0.29) is 0 Å². The molecule has 1 aliphatic rings. The molecule has 0 aromatic heterocycles. The van der Waals surface area contributed by atoms with Crippen molar-refractivity contribution in [1.82, 2.24) is 5.32 Å². The lowest BCUT2D eigenvalue weighted by Gasteiger charge is -2.31. The molecule has 1 fully saturated rings.